The summed E-state index contributed by atoms with van der Waals surface area (Å²) < 4.78 is 1.76. The van der Waals surface area contributed by atoms with Crippen molar-refractivity contribution in [3.05, 3.63) is 18.1 Å². The molecule has 17 heavy (non-hydrogen) atoms. The first-order valence-corrected chi connectivity index (χ1v) is 5.81. The summed E-state index contributed by atoms with van der Waals surface area (Å²) in [5, 5.41) is 7.49. The molecule has 6 heteroatoms. The Hall–Kier alpha value is -1.69. The predicted molar refractivity (Wildman–Crippen MR) is 67.3 cm³/mol. The molecule has 92 valence electrons. The highest BCUT2D eigenvalue weighted by molar-refractivity contribution is 5.46. The van der Waals surface area contributed by atoms with Crippen molar-refractivity contribution in [3.8, 4) is 0 Å². The zero-order valence-electron chi connectivity index (χ0n) is 10.5. The van der Waals surface area contributed by atoms with Gasteiger partial charge in [-0.3, -0.25) is 0 Å². The lowest BCUT2D eigenvalue weighted by Crippen LogP contribution is -2.30. The summed E-state index contributed by atoms with van der Waals surface area (Å²) in [5.74, 6) is 1.67. The monoisotopic (exact) mass is 234 g/mol. The van der Waals surface area contributed by atoms with Crippen LogP contribution in [-0.2, 0) is 0 Å². The highest BCUT2D eigenvalue weighted by Crippen LogP contribution is 2.13. The van der Waals surface area contributed by atoms with Gasteiger partial charge in [0.25, 0.3) is 5.78 Å². The third-order valence-corrected chi connectivity index (χ3v) is 2.63. The molecule has 0 atom stereocenters. The normalized spacial score (nSPS) is 11.0. The topological polar surface area (TPSA) is 58.3 Å². The van der Waals surface area contributed by atoms with Gasteiger partial charge in [0.2, 0.25) is 0 Å². The fraction of sp³-hybridized carbons (Fsp3) is 0.545. The lowest BCUT2D eigenvalue weighted by Gasteiger charge is -2.20. The van der Waals surface area contributed by atoms with Crippen molar-refractivity contribution in [2.75, 3.05) is 31.6 Å². The van der Waals surface area contributed by atoms with Crippen molar-refractivity contribution in [2.45, 2.75) is 13.8 Å². The Bertz CT molecular complexity index is 492. The van der Waals surface area contributed by atoms with Crippen molar-refractivity contribution in [3.63, 3.8) is 0 Å². The third-order valence-electron chi connectivity index (χ3n) is 2.63. The van der Waals surface area contributed by atoms with E-state index in [1.165, 1.54) is 6.33 Å². The minimum atomic E-state index is 0.648. The molecule has 0 saturated heterocycles. The molecule has 1 N–H and O–H groups in total. The van der Waals surface area contributed by atoms with Gasteiger partial charge in [-0.05, 0) is 13.5 Å². The molecule has 0 aliphatic rings. The lowest BCUT2D eigenvalue weighted by molar-refractivity contribution is 0.696. The van der Waals surface area contributed by atoms with Gasteiger partial charge >= 0.3 is 0 Å². The van der Waals surface area contributed by atoms with E-state index in [1.54, 1.807) is 4.52 Å². The van der Waals surface area contributed by atoms with Crippen LogP contribution in [0.25, 0.3) is 5.78 Å². The molecular formula is C11H18N6. The second-order valence-electron chi connectivity index (χ2n) is 4.00. The van der Waals surface area contributed by atoms with Crippen LogP contribution in [0.4, 0.5) is 5.82 Å². The van der Waals surface area contributed by atoms with Gasteiger partial charge in [-0.2, -0.15) is 14.6 Å². The second kappa shape index (κ2) is 5.09. The quantitative estimate of drug-likeness (QED) is 0.762. The highest BCUT2D eigenvalue weighted by atomic mass is 15.4. The fourth-order valence-electron chi connectivity index (χ4n) is 1.72. The van der Waals surface area contributed by atoms with Gasteiger partial charge in [-0.25, -0.2) is 4.98 Å². The van der Waals surface area contributed by atoms with E-state index >= 15 is 0 Å². The Kier molecular flexibility index (Phi) is 3.53. The summed E-state index contributed by atoms with van der Waals surface area (Å²) in [6.07, 6.45) is 1.53. The molecule has 0 fully saturated rings. The van der Waals surface area contributed by atoms with Crippen LogP contribution in [0.15, 0.2) is 12.4 Å². The summed E-state index contributed by atoms with van der Waals surface area (Å²) in [4.78, 5) is 10.6. The smallest absolute Gasteiger partial charge is 0.254 e. The maximum Gasteiger partial charge on any atom is 0.254 e. The molecule has 0 radical (unpaired) electrons. The summed E-state index contributed by atoms with van der Waals surface area (Å²) in [6.45, 7) is 6.93. The van der Waals surface area contributed by atoms with Crippen molar-refractivity contribution in [2.24, 2.45) is 0 Å². The van der Waals surface area contributed by atoms with Crippen LogP contribution in [0.5, 0.6) is 0 Å². The van der Waals surface area contributed by atoms with Gasteiger partial charge < -0.3 is 10.2 Å². The lowest BCUT2D eigenvalue weighted by atomic mass is 10.4. The minimum absolute atomic E-state index is 0.648. The fourth-order valence-corrected chi connectivity index (χ4v) is 1.72. The molecule has 2 aromatic heterocycles. The van der Waals surface area contributed by atoms with Crippen molar-refractivity contribution >= 4 is 11.6 Å². The number of nitrogens with zero attached hydrogens (tertiary/aromatic N) is 5. The SMILES string of the molecule is CCNCCN(C)c1cc(C)nc2ncnn12. The largest absolute Gasteiger partial charge is 0.358 e. The number of aromatic nitrogens is 4. The van der Waals surface area contributed by atoms with Crippen LogP contribution in [0.3, 0.4) is 0 Å². The van der Waals surface area contributed by atoms with Crippen LogP contribution in [0.2, 0.25) is 0 Å². The number of nitrogens with one attached hydrogen (secondary N) is 1. The van der Waals surface area contributed by atoms with Gasteiger partial charge in [0, 0.05) is 31.9 Å². The molecule has 0 aliphatic carbocycles. The van der Waals surface area contributed by atoms with E-state index in [9.17, 15) is 0 Å². The molecule has 0 spiro atoms. The molecule has 0 saturated carbocycles. The Morgan fingerprint density at radius 1 is 1.47 bits per heavy atom. The zero-order valence-corrected chi connectivity index (χ0v) is 10.5. The van der Waals surface area contributed by atoms with E-state index in [4.69, 9.17) is 0 Å². The van der Waals surface area contributed by atoms with E-state index in [0.29, 0.717) is 5.78 Å². The first-order valence-electron chi connectivity index (χ1n) is 5.81. The molecule has 0 aliphatic heterocycles. The average Bonchev–Trinajstić information content (AvgIpc) is 2.75. The first kappa shape index (κ1) is 11.8. The zero-order chi connectivity index (χ0) is 12.3. The maximum atomic E-state index is 4.32. The molecule has 0 bridgehead atoms. The Morgan fingerprint density at radius 3 is 3.06 bits per heavy atom. The van der Waals surface area contributed by atoms with Gasteiger partial charge in [-0.1, -0.05) is 6.92 Å². The van der Waals surface area contributed by atoms with Crippen molar-refractivity contribution in [1.29, 1.82) is 0 Å². The Morgan fingerprint density at radius 2 is 2.29 bits per heavy atom. The summed E-state index contributed by atoms with van der Waals surface area (Å²) in [6, 6.07) is 2.02. The van der Waals surface area contributed by atoms with Gasteiger partial charge in [0.15, 0.2) is 0 Å². The number of hydrogen-bond donors (Lipinski definition) is 1. The van der Waals surface area contributed by atoms with Crippen molar-refractivity contribution < 1.29 is 0 Å². The molecule has 0 unspecified atom stereocenters. The summed E-state index contributed by atoms with van der Waals surface area (Å²) >= 11 is 0. The van der Waals surface area contributed by atoms with Gasteiger partial charge in [0.05, 0.1) is 0 Å². The van der Waals surface area contributed by atoms with E-state index in [1.807, 2.05) is 20.0 Å². The molecular weight excluding hydrogens is 216 g/mol. The molecule has 2 aromatic rings. The first-order chi connectivity index (χ1) is 8.22. The van der Waals surface area contributed by atoms with Crippen LogP contribution in [-0.4, -0.2) is 46.3 Å². The third kappa shape index (κ3) is 2.52. The number of anilines is 1. The van der Waals surface area contributed by atoms with E-state index in [2.05, 4.69) is 32.2 Å². The molecule has 2 rings (SSSR count). The number of fused-ring (bicyclic) bond motifs is 1. The predicted octanol–water partition coefficient (Wildman–Crippen LogP) is 0.478. The number of aryl methyl sites for hydroxylation is 1. The van der Waals surface area contributed by atoms with E-state index in [-0.39, 0.29) is 0 Å². The van der Waals surface area contributed by atoms with Gasteiger partial charge in [-0.15, -0.1) is 0 Å². The van der Waals surface area contributed by atoms with Crippen LogP contribution in [0, 0.1) is 6.92 Å². The minimum Gasteiger partial charge on any atom is -0.358 e. The standard InChI is InChI=1S/C11H18N6/c1-4-12-5-6-16(3)10-7-9(2)15-11-13-8-14-17(10)11/h7-8,12H,4-6H2,1-3H3. The molecule has 0 amide bonds. The summed E-state index contributed by atoms with van der Waals surface area (Å²) in [7, 11) is 2.05. The van der Waals surface area contributed by atoms with Crippen molar-refractivity contribution in [1.82, 2.24) is 24.9 Å². The van der Waals surface area contributed by atoms with Crippen LogP contribution >= 0.6 is 0 Å². The average molecular weight is 234 g/mol. The number of rotatable bonds is 5. The van der Waals surface area contributed by atoms with E-state index < -0.39 is 0 Å². The Balaban J connectivity index is 2.24. The number of hydrogen-bond acceptors (Lipinski definition) is 5. The molecule has 0 aromatic carbocycles. The molecule has 6 nitrogen and oxygen atoms in total. The van der Waals surface area contributed by atoms with Crippen LogP contribution in [0.1, 0.15) is 12.6 Å². The Labute approximate surface area is 101 Å². The van der Waals surface area contributed by atoms with E-state index in [0.717, 1.165) is 31.1 Å². The highest BCUT2D eigenvalue weighted by Gasteiger charge is 2.09. The second-order valence-corrected chi connectivity index (χ2v) is 4.00. The molecule has 2 heterocycles. The maximum absolute atomic E-state index is 4.32. The van der Waals surface area contributed by atoms with Gasteiger partial charge in [0.1, 0.15) is 12.1 Å². The number of likely N-dealkylation sites (N-methyl/N-ethyl adjacent to an activating group) is 2. The van der Waals surface area contributed by atoms with Crippen LogP contribution < -0.4 is 10.2 Å². The summed E-state index contributed by atoms with van der Waals surface area (Å²) in [5.41, 5.74) is 0.954.